The van der Waals surface area contributed by atoms with Gasteiger partial charge in [-0.1, -0.05) is 13.0 Å². The molecule has 0 aliphatic heterocycles. The minimum atomic E-state index is 0.601. The van der Waals surface area contributed by atoms with Crippen molar-refractivity contribution in [3.63, 3.8) is 0 Å². The summed E-state index contributed by atoms with van der Waals surface area (Å²) in [6.07, 6.45) is 2.94. The fraction of sp³-hybridized carbons (Fsp3) is 0.500. The molecule has 4 heteroatoms. The standard InChI is InChI=1S/C18H27N3O/c1-5-21(14(2)3)11-7-10-19-17-13-16(22-4)12-15-8-6-9-20-18(15)17/h6,8-9,12-14,19H,5,7,10-11H2,1-4H3. The van der Waals surface area contributed by atoms with Gasteiger partial charge in [0, 0.05) is 36.8 Å². The summed E-state index contributed by atoms with van der Waals surface area (Å²) in [5.41, 5.74) is 2.04. The van der Waals surface area contributed by atoms with E-state index in [0.29, 0.717) is 6.04 Å². The van der Waals surface area contributed by atoms with Crippen molar-refractivity contribution in [1.29, 1.82) is 0 Å². The molecule has 4 nitrogen and oxygen atoms in total. The molecule has 0 unspecified atom stereocenters. The van der Waals surface area contributed by atoms with Gasteiger partial charge in [-0.2, -0.15) is 0 Å². The molecule has 120 valence electrons. The fourth-order valence-electron chi connectivity index (χ4n) is 2.70. The van der Waals surface area contributed by atoms with Crippen LogP contribution >= 0.6 is 0 Å². The Hall–Kier alpha value is -1.81. The van der Waals surface area contributed by atoms with Crippen LogP contribution < -0.4 is 10.1 Å². The normalized spacial score (nSPS) is 11.4. The zero-order valence-corrected chi connectivity index (χ0v) is 14.1. The van der Waals surface area contributed by atoms with Gasteiger partial charge in [0.15, 0.2) is 0 Å². The highest BCUT2D eigenvalue weighted by atomic mass is 16.5. The molecule has 2 aromatic rings. The van der Waals surface area contributed by atoms with Crippen LogP contribution in [-0.4, -0.2) is 42.7 Å². The maximum Gasteiger partial charge on any atom is 0.121 e. The summed E-state index contributed by atoms with van der Waals surface area (Å²) in [5, 5.41) is 4.61. The Labute approximate surface area is 133 Å². The van der Waals surface area contributed by atoms with E-state index in [1.807, 2.05) is 24.4 Å². The summed E-state index contributed by atoms with van der Waals surface area (Å²) in [6.45, 7) is 9.85. The first-order chi connectivity index (χ1) is 10.7. The summed E-state index contributed by atoms with van der Waals surface area (Å²) >= 11 is 0. The second-order valence-electron chi connectivity index (χ2n) is 5.75. The average molecular weight is 301 g/mol. The summed E-state index contributed by atoms with van der Waals surface area (Å²) < 4.78 is 5.38. The fourth-order valence-corrected chi connectivity index (χ4v) is 2.70. The molecule has 0 atom stereocenters. The van der Waals surface area contributed by atoms with Gasteiger partial charge >= 0.3 is 0 Å². The number of benzene rings is 1. The quantitative estimate of drug-likeness (QED) is 0.753. The van der Waals surface area contributed by atoms with Crippen LogP contribution in [0.4, 0.5) is 5.69 Å². The van der Waals surface area contributed by atoms with Gasteiger partial charge in [-0.3, -0.25) is 4.98 Å². The molecule has 0 aliphatic carbocycles. The average Bonchev–Trinajstić information content (AvgIpc) is 2.54. The van der Waals surface area contributed by atoms with Crippen molar-refractivity contribution in [2.45, 2.75) is 33.2 Å². The Bertz CT molecular complexity index is 598. The highest BCUT2D eigenvalue weighted by molar-refractivity contribution is 5.91. The largest absolute Gasteiger partial charge is 0.497 e. The third kappa shape index (κ3) is 4.10. The topological polar surface area (TPSA) is 37.4 Å². The van der Waals surface area contributed by atoms with E-state index in [2.05, 4.69) is 42.0 Å². The van der Waals surface area contributed by atoms with Gasteiger partial charge < -0.3 is 15.0 Å². The number of anilines is 1. The predicted molar refractivity (Wildman–Crippen MR) is 93.8 cm³/mol. The number of pyridine rings is 1. The maximum atomic E-state index is 5.38. The number of fused-ring (bicyclic) bond motifs is 1. The number of hydrogen-bond acceptors (Lipinski definition) is 4. The third-order valence-electron chi connectivity index (χ3n) is 3.99. The summed E-state index contributed by atoms with van der Waals surface area (Å²) in [5.74, 6) is 0.861. The van der Waals surface area contributed by atoms with Crippen molar-refractivity contribution in [3.05, 3.63) is 30.5 Å². The summed E-state index contributed by atoms with van der Waals surface area (Å²) in [6, 6.07) is 8.66. The number of nitrogens with one attached hydrogen (secondary N) is 1. The maximum absolute atomic E-state index is 5.38. The van der Waals surface area contributed by atoms with Gasteiger partial charge in [0.25, 0.3) is 0 Å². The molecule has 0 aliphatic rings. The van der Waals surface area contributed by atoms with E-state index in [1.165, 1.54) is 0 Å². The first-order valence-corrected chi connectivity index (χ1v) is 8.06. The van der Waals surface area contributed by atoms with Crippen LogP contribution in [0.25, 0.3) is 10.9 Å². The molecular formula is C18H27N3O. The number of aromatic nitrogens is 1. The minimum Gasteiger partial charge on any atom is -0.497 e. The van der Waals surface area contributed by atoms with Crippen molar-refractivity contribution >= 4 is 16.6 Å². The Morgan fingerprint density at radius 2 is 2.14 bits per heavy atom. The molecule has 0 fully saturated rings. The Kier molecular flexibility index (Phi) is 6.01. The van der Waals surface area contributed by atoms with E-state index in [1.54, 1.807) is 7.11 Å². The van der Waals surface area contributed by atoms with E-state index in [9.17, 15) is 0 Å². The molecule has 0 bridgehead atoms. The Morgan fingerprint density at radius 3 is 2.82 bits per heavy atom. The lowest BCUT2D eigenvalue weighted by molar-refractivity contribution is 0.233. The monoisotopic (exact) mass is 301 g/mol. The molecule has 0 saturated carbocycles. The molecule has 0 spiro atoms. The lowest BCUT2D eigenvalue weighted by atomic mass is 10.1. The van der Waals surface area contributed by atoms with E-state index >= 15 is 0 Å². The van der Waals surface area contributed by atoms with Crippen LogP contribution in [-0.2, 0) is 0 Å². The lowest BCUT2D eigenvalue weighted by Crippen LogP contribution is -2.32. The van der Waals surface area contributed by atoms with Crippen molar-refractivity contribution in [2.75, 3.05) is 32.1 Å². The number of ether oxygens (including phenoxy) is 1. The van der Waals surface area contributed by atoms with Gasteiger partial charge in [-0.05, 0) is 38.9 Å². The molecule has 1 aromatic carbocycles. The highest BCUT2D eigenvalue weighted by Gasteiger charge is 2.07. The second kappa shape index (κ2) is 7.99. The lowest BCUT2D eigenvalue weighted by Gasteiger charge is -2.24. The highest BCUT2D eigenvalue weighted by Crippen LogP contribution is 2.27. The third-order valence-corrected chi connectivity index (χ3v) is 3.99. The zero-order chi connectivity index (χ0) is 15.9. The van der Waals surface area contributed by atoms with Gasteiger partial charge in [0.05, 0.1) is 18.3 Å². The van der Waals surface area contributed by atoms with Crippen LogP contribution in [0.15, 0.2) is 30.5 Å². The van der Waals surface area contributed by atoms with Crippen LogP contribution in [0.5, 0.6) is 5.75 Å². The molecule has 0 saturated heterocycles. The van der Waals surface area contributed by atoms with Crippen molar-refractivity contribution in [1.82, 2.24) is 9.88 Å². The smallest absolute Gasteiger partial charge is 0.121 e. The van der Waals surface area contributed by atoms with E-state index < -0.39 is 0 Å². The van der Waals surface area contributed by atoms with Crippen LogP contribution in [0.1, 0.15) is 27.2 Å². The predicted octanol–water partition coefficient (Wildman–Crippen LogP) is 3.78. The SMILES string of the molecule is CCN(CCCNc1cc(OC)cc2cccnc12)C(C)C. The first kappa shape index (κ1) is 16.6. The summed E-state index contributed by atoms with van der Waals surface area (Å²) in [4.78, 5) is 6.96. The molecule has 1 aromatic heterocycles. The molecule has 0 radical (unpaired) electrons. The molecule has 1 N–H and O–H groups in total. The van der Waals surface area contributed by atoms with Gasteiger partial charge in [0.1, 0.15) is 5.75 Å². The van der Waals surface area contributed by atoms with Gasteiger partial charge in [0.2, 0.25) is 0 Å². The van der Waals surface area contributed by atoms with Gasteiger partial charge in [-0.25, -0.2) is 0 Å². The Morgan fingerprint density at radius 1 is 1.32 bits per heavy atom. The van der Waals surface area contributed by atoms with Gasteiger partial charge in [-0.15, -0.1) is 0 Å². The van der Waals surface area contributed by atoms with Crippen molar-refractivity contribution in [3.8, 4) is 5.75 Å². The molecule has 1 heterocycles. The van der Waals surface area contributed by atoms with Crippen LogP contribution in [0, 0.1) is 0 Å². The first-order valence-electron chi connectivity index (χ1n) is 8.06. The van der Waals surface area contributed by atoms with Crippen molar-refractivity contribution < 1.29 is 4.74 Å². The number of methoxy groups -OCH3 is 1. The Balaban J connectivity index is 2.02. The second-order valence-corrected chi connectivity index (χ2v) is 5.75. The number of hydrogen-bond donors (Lipinski definition) is 1. The van der Waals surface area contributed by atoms with E-state index in [4.69, 9.17) is 4.74 Å². The summed E-state index contributed by atoms with van der Waals surface area (Å²) in [7, 11) is 1.70. The van der Waals surface area contributed by atoms with Crippen molar-refractivity contribution in [2.24, 2.45) is 0 Å². The zero-order valence-electron chi connectivity index (χ0n) is 14.1. The van der Waals surface area contributed by atoms with E-state index in [0.717, 1.165) is 48.4 Å². The number of nitrogens with zero attached hydrogens (tertiary/aromatic N) is 2. The molecule has 0 amide bonds. The molecule has 22 heavy (non-hydrogen) atoms. The van der Waals surface area contributed by atoms with Crippen LogP contribution in [0.2, 0.25) is 0 Å². The minimum absolute atomic E-state index is 0.601. The number of rotatable bonds is 8. The van der Waals surface area contributed by atoms with Crippen LogP contribution in [0.3, 0.4) is 0 Å². The van der Waals surface area contributed by atoms with E-state index in [-0.39, 0.29) is 0 Å². The molecule has 2 rings (SSSR count). The molecular weight excluding hydrogens is 274 g/mol.